The van der Waals surface area contributed by atoms with Crippen molar-refractivity contribution >= 4 is 29.2 Å². The number of nitrogens with zero attached hydrogens (tertiary/aromatic N) is 1. The van der Waals surface area contributed by atoms with Crippen molar-refractivity contribution in [2.75, 3.05) is 12.4 Å². The summed E-state index contributed by atoms with van der Waals surface area (Å²) in [6, 6.07) is 6.65. The second-order valence-electron chi connectivity index (χ2n) is 5.92. The average Bonchev–Trinajstić information content (AvgIpc) is 2.88. The van der Waals surface area contributed by atoms with Gasteiger partial charge in [-0.05, 0) is 52.0 Å². The molecule has 0 radical (unpaired) electrons. The Morgan fingerprint density at radius 2 is 1.96 bits per heavy atom. The highest BCUT2D eigenvalue weighted by atomic mass is 35.5. The lowest BCUT2D eigenvalue weighted by molar-refractivity contribution is -0.123. The normalized spacial score (nSPS) is 11.8. The summed E-state index contributed by atoms with van der Waals surface area (Å²) < 4.78 is 12.4. The highest BCUT2D eigenvalue weighted by molar-refractivity contribution is 6.32. The predicted octanol–water partition coefficient (Wildman–Crippen LogP) is 3.97. The number of benzene rings is 1. The Labute approximate surface area is 158 Å². The molecule has 26 heavy (non-hydrogen) atoms. The number of amides is 1. The van der Waals surface area contributed by atoms with Gasteiger partial charge in [-0.1, -0.05) is 11.6 Å². The van der Waals surface area contributed by atoms with E-state index in [2.05, 4.69) is 5.32 Å². The van der Waals surface area contributed by atoms with Crippen molar-refractivity contribution in [1.29, 1.82) is 0 Å². The van der Waals surface area contributed by atoms with Crippen molar-refractivity contribution in [1.82, 2.24) is 4.57 Å². The predicted molar refractivity (Wildman–Crippen MR) is 101 cm³/mol. The van der Waals surface area contributed by atoms with Crippen molar-refractivity contribution in [2.45, 2.75) is 40.3 Å². The molecular weight excluding hydrogens is 356 g/mol. The van der Waals surface area contributed by atoms with Gasteiger partial charge in [-0.3, -0.25) is 4.79 Å². The van der Waals surface area contributed by atoms with Crippen LogP contribution in [0.3, 0.4) is 0 Å². The highest BCUT2D eigenvalue weighted by Gasteiger charge is 2.22. The number of carbonyl (C=O) groups excluding carboxylic acids is 2. The molecule has 0 saturated carbocycles. The van der Waals surface area contributed by atoms with Gasteiger partial charge in [-0.25, -0.2) is 4.79 Å². The summed E-state index contributed by atoms with van der Waals surface area (Å²) in [5.41, 5.74) is 2.76. The van der Waals surface area contributed by atoms with Gasteiger partial charge in [0.25, 0.3) is 5.91 Å². The van der Waals surface area contributed by atoms with E-state index in [0.717, 1.165) is 17.9 Å². The van der Waals surface area contributed by atoms with Crippen molar-refractivity contribution in [3.63, 3.8) is 0 Å². The minimum atomic E-state index is -0.951. The zero-order valence-corrected chi connectivity index (χ0v) is 16.3. The van der Waals surface area contributed by atoms with Gasteiger partial charge in [-0.2, -0.15) is 0 Å². The molecule has 2 rings (SSSR count). The molecule has 1 aromatic carbocycles. The Morgan fingerprint density at radius 3 is 2.50 bits per heavy atom. The van der Waals surface area contributed by atoms with Gasteiger partial charge in [0.15, 0.2) is 6.10 Å². The maximum absolute atomic E-state index is 12.4. The van der Waals surface area contributed by atoms with Gasteiger partial charge in [-0.15, -0.1) is 0 Å². The maximum atomic E-state index is 12.4. The quantitative estimate of drug-likeness (QED) is 0.772. The van der Waals surface area contributed by atoms with Gasteiger partial charge in [0.1, 0.15) is 5.75 Å². The Bertz CT molecular complexity index is 829. The molecule has 1 atom stereocenters. The number of halogens is 1. The molecule has 140 valence electrons. The first-order chi connectivity index (χ1) is 12.3. The molecule has 1 N–H and O–H groups in total. The molecule has 1 aromatic heterocycles. The van der Waals surface area contributed by atoms with E-state index < -0.39 is 18.0 Å². The van der Waals surface area contributed by atoms with Crippen LogP contribution in [0.1, 0.15) is 35.6 Å². The van der Waals surface area contributed by atoms with Crippen LogP contribution in [0, 0.1) is 13.8 Å². The van der Waals surface area contributed by atoms with Crippen LogP contribution >= 0.6 is 11.6 Å². The standard InChI is InChI=1S/C19H23ClN2O4/c1-6-22-11(2)9-15(12(22)3)19(24)26-13(4)18(23)21-14-7-8-17(25-5)16(20)10-14/h7-10,13H,6H2,1-5H3,(H,21,23)/t13-/m1/s1. The van der Waals surface area contributed by atoms with Crippen LogP contribution in [0.4, 0.5) is 5.69 Å². The van der Waals surface area contributed by atoms with Crippen molar-refractivity contribution < 1.29 is 19.1 Å². The van der Waals surface area contributed by atoms with E-state index in [1.165, 1.54) is 14.0 Å². The van der Waals surface area contributed by atoms with E-state index in [9.17, 15) is 9.59 Å². The van der Waals surface area contributed by atoms with E-state index in [1.807, 2.05) is 25.3 Å². The third-order valence-electron chi connectivity index (χ3n) is 4.18. The van der Waals surface area contributed by atoms with Gasteiger partial charge in [0.2, 0.25) is 0 Å². The lowest BCUT2D eigenvalue weighted by Gasteiger charge is -2.14. The third kappa shape index (κ3) is 4.19. The second-order valence-corrected chi connectivity index (χ2v) is 6.32. The molecule has 0 fully saturated rings. The number of hydrogen-bond acceptors (Lipinski definition) is 4. The number of esters is 1. The first-order valence-electron chi connectivity index (χ1n) is 8.30. The van der Waals surface area contributed by atoms with Gasteiger partial charge < -0.3 is 19.4 Å². The summed E-state index contributed by atoms with van der Waals surface area (Å²) in [4.78, 5) is 24.7. The Morgan fingerprint density at radius 1 is 1.27 bits per heavy atom. The molecule has 0 unspecified atom stereocenters. The van der Waals surface area contributed by atoms with E-state index in [-0.39, 0.29) is 0 Å². The number of aromatic nitrogens is 1. The first kappa shape index (κ1) is 19.8. The van der Waals surface area contributed by atoms with Crippen molar-refractivity contribution in [3.8, 4) is 5.75 Å². The fourth-order valence-corrected chi connectivity index (χ4v) is 3.02. The fraction of sp³-hybridized carbons (Fsp3) is 0.368. The van der Waals surface area contributed by atoms with E-state index in [4.69, 9.17) is 21.1 Å². The minimum absolute atomic E-state index is 0.377. The minimum Gasteiger partial charge on any atom is -0.495 e. The Balaban J connectivity index is 2.05. The SMILES string of the molecule is CCn1c(C)cc(C(=O)O[C@H](C)C(=O)Nc2ccc(OC)c(Cl)c2)c1C. The number of aryl methyl sites for hydroxylation is 1. The molecule has 0 aliphatic rings. The molecule has 0 bridgehead atoms. The molecule has 2 aromatic rings. The maximum Gasteiger partial charge on any atom is 0.340 e. The molecule has 0 saturated heterocycles. The summed E-state index contributed by atoms with van der Waals surface area (Å²) in [7, 11) is 1.51. The lowest BCUT2D eigenvalue weighted by Crippen LogP contribution is -2.30. The van der Waals surface area contributed by atoms with Crippen LogP contribution < -0.4 is 10.1 Å². The highest BCUT2D eigenvalue weighted by Crippen LogP contribution is 2.27. The molecule has 0 aliphatic heterocycles. The topological polar surface area (TPSA) is 69.6 Å². The largest absolute Gasteiger partial charge is 0.495 e. The molecule has 0 aliphatic carbocycles. The lowest BCUT2D eigenvalue weighted by atomic mass is 10.2. The molecular formula is C19H23ClN2O4. The molecule has 1 amide bonds. The number of methoxy groups -OCH3 is 1. The Hall–Kier alpha value is -2.47. The second kappa shape index (κ2) is 8.27. The monoisotopic (exact) mass is 378 g/mol. The van der Waals surface area contributed by atoms with Crippen molar-refractivity contribution in [3.05, 3.63) is 46.2 Å². The zero-order chi connectivity index (χ0) is 19.4. The number of rotatable bonds is 6. The van der Waals surface area contributed by atoms with Gasteiger partial charge >= 0.3 is 5.97 Å². The smallest absolute Gasteiger partial charge is 0.340 e. The average molecular weight is 379 g/mol. The van der Waals surface area contributed by atoms with Crippen LogP contribution in [0.15, 0.2) is 24.3 Å². The van der Waals surface area contributed by atoms with E-state index in [1.54, 1.807) is 24.3 Å². The molecule has 0 spiro atoms. The summed E-state index contributed by atoms with van der Waals surface area (Å²) in [6.07, 6.45) is -0.951. The molecule has 6 nitrogen and oxygen atoms in total. The van der Waals surface area contributed by atoms with Crippen LogP contribution in [0.2, 0.25) is 5.02 Å². The van der Waals surface area contributed by atoms with Crippen LogP contribution in [-0.4, -0.2) is 29.7 Å². The first-order valence-corrected chi connectivity index (χ1v) is 8.68. The summed E-state index contributed by atoms with van der Waals surface area (Å²) >= 11 is 6.04. The van der Waals surface area contributed by atoms with Crippen LogP contribution in [0.25, 0.3) is 0 Å². The van der Waals surface area contributed by atoms with Gasteiger partial charge in [0.05, 0.1) is 17.7 Å². The van der Waals surface area contributed by atoms with Gasteiger partial charge in [0, 0.05) is 23.6 Å². The summed E-state index contributed by atoms with van der Waals surface area (Å²) in [5.74, 6) is -0.451. The number of carbonyl (C=O) groups is 2. The number of nitrogens with one attached hydrogen (secondary N) is 1. The Kier molecular flexibility index (Phi) is 6.32. The van der Waals surface area contributed by atoms with E-state index in [0.29, 0.717) is 22.0 Å². The summed E-state index contributed by atoms with van der Waals surface area (Å²) in [5, 5.41) is 3.05. The zero-order valence-electron chi connectivity index (χ0n) is 15.6. The van der Waals surface area contributed by atoms with Crippen LogP contribution in [-0.2, 0) is 16.1 Å². The fourth-order valence-electron chi connectivity index (χ4n) is 2.76. The number of ether oxygens (including phenoxy) is 2. The molecule has 7 heteroatoms. The number of hydrogen-bond donors (Lipinski definition) is 1. The number of anilines is 1. The molecule has 1 heterocycles. The van der Waals surface area contributed by atoms with Crippen molar-refractivity contribution in [2.24, 2.45) is 0 Å². The third-order valence-corrected chi connectivity index (χ3v) is 4.48. The van der Waals surface area contributed by atoms with Crippen LogP contribution in [0.5, 0.6) is 5.75 Å². The van der Waals surface area contributed by atoms with E-state index >= 15 is 0 Å². The summed E-state index contributed by atoms with van der Waals surface area (Å²) in [6.45, 7) is 8.08.